The number of fused-ring (bicyclic) bond motifs is 1. The zero-order valence-electron chi connectivity index (χ0n) is 10.6. The summed E-state index contributed by atoms with van der Waals surface area (Å²) in [5, 5.41) is 3.61. The lowest BCUT2D eigenvalue weighted by Gasteiger charge is -2.29. The fraction of sp³-hybridized carbons (Fsp3) is 0.769. The molecule has 1 aliphatic carbocycles. The lowest BCUT2D eigenvalue weighted by Crippen LogP contribution is -2.45. The van der Waals surface area contributed by atoms with E-state index in [2.05, 4.69) is 27.1 Å². The molecule has 2 N–H and O–H groups in total. The molecule has 0 spiro atoms. The number of likely N-dealkylation sites (N-methyl/N-ethyl adjacent to an activating group) is 1. The Kier molecular flexibility index (Phi) is 3.16. The Balaban J connectivity index is 1.54. The molecule has 0 amide bonds. The van der Waals surface area contributed by atoms with Crippen LogP contribution < -0.4 is 5.32 Å². The van der Waals surface area contributed by atoms with Gasteiger partial charge in [-0.2, -0.15) is 0 Å². The first kappa shape index (κ1) is 11.2. The minimum Gasteiger partial charge on any atom is -0.347 e. The molecule has 1 unspecified atom stereocenters. The molecule has 17 heavy (non-hydrogen) atoms. The molecule has 3 rings (SSSR count). The van der Waals surface area contributed by atoms with Gasteiger partial charge >= 0.3 is 0 Å². The van der Waals surface area contributed by atoms with Gasteiger partial charge < -0.3 is 15.2 Å². The molecule has 1 saturated carbocycles. The number of imidazole rings is 1. The van der Waals surface area contributed by atoms with E-state index in [0.29, 0.717) is 6.04 Å². The maximum absolute atomic E-state index is 4.40. The van der Waals surface area contributed by atoms with E-state index in [4.69, 9.17) is 0 Å². The van der Waals surface area contributed by atoms with E-state index in [9.17, 15) is 0 Å². The van der Waals surface area contributed by atoms with Gasteiger partial charge in [0, 0.05) is 32.1 Å². The molecule has 1 aliphatic heterocycles. The second-order valence-corrected chi connectivity index (χ2v) is 5.41. The van der Waals surface area contributed by atoms with Crippen LogP contribution in [0.1, 0.15) is 31.2 Å². The molecule has 0 saturated heterocycles. The number of aromatic nitrogens is 2. The van der Waals surface area contributed by atoms with Gasteiger partial charge in [-0.1, -0.05) is 6.92 Å². The Hall–Kier alpha value is -0.870. The molecule has 2 aliphatic rings. The van der Waals surface area contributed by atoms with Crippen LogP contribution in [-0.2, 0) is 13.0 Å². The maximum atomic E-state index is 4.40. The first-order valence-corrected chi connectivity index (χ1v) is 6.82. The van der Waals surface area contributed by atoms with Crippen molar-refractivity contribution in [3.8, 4) is 0 Å². The van der Waals surface area contributed by atoms with E-state index < -0.39 is 0 Å². The average Bonchev–Trinajstić information content (AvgIpc) is 3.04. The molecule has 94 valence electrons. The van der Waals surface area contributed by atoms with Crippen LogP contribution in [0.15, 0.2) is 6.33 Å². The summed E-state index contributed by atoms with van der Waals surface area (Å²) < 4.78 is 0. The quantitative estimate of drug-likeness (QED) is 0.803. The fourth-order valence-electron chi connectivity index (χ4n) is 2.67. The summed E-state index contributed by atoms with van der Waals surface area (Å²) in [4.78, 5) is 10.2. The molecule has 0 bridgehead atoms. The number of aromatic amines is 1. The molecule has 4 heteroatoms. The lowest BCUT2D eigenvalue weighted by molar-refractivity contribution is 0.237. The zero-order valence-corrected chi connectivity index (χ0v) is 10.6. The van der Waals surface area contributed by atoms with Crippen molar-refractivity contribution in [2.75, 3.05) is 19.6 Å². The van der Waals surface area contributed by atoms with Crippen molar-refractivity contribution >= 4 is 0 Å². The van der Waals surface area contributed by atoms with Crippen LogP contribution in [0.5, 0.6) is 0 Å². The van der Waals surface area contributed by atoms with Gasteiger partial charge in [0.05, 0.1) is 17.7 Å². The Morgan fingerprint density at radius 2 is 2.29 bits per heavy atom. The van der Waals surface area contributed by atoms with Crippen molar-refractivity contribution in [3.63, 3.8) is 0 Å². The van der Waals surface area contributed by atoms with Gasteiger partial charge in [-0.05, 0) is 25.3 Å². The molecule has 2 heterocycles. The highest BCUT2D eigenvalue weighted by Gasteiger charge is 2.26. The molecule has 0 aromatic carbocycles. The highest BCUT2D eigenvalue weighted by atomic mass is 15.2. The number of nitrogens with zero attached hydrogens (tertiary/aromatic N) is 2. The number of nitrogens with one attached hydrogen (secondary N) is 2. The van der Waals surface area contributed by atoms with Gasteiger partial charge in [0.25, 0.3) is 0 Å². The van der Waals surface area contributed by atoms with Gasteiger partial charge in [-0.3, -0.25) is 0 Å². The number of H-pyrrole nitrogens is 1. The number of rotatable bonds is 5. The summed E-state index contributed by atoms with van der Waals surface area (Å²) in [5.74, 6) is 0.986. The second kappa shape index (κ2) is 4.78. The van der Waals surface area contributed by atoms with Gasteiger partial charge in [-0.15, -0.1) is 0 Å². The zero-order chi connectivity index (χ0) is 11.7. The Morgan fingerprint density at radius 1 is 1.41 bits per heavy atom. The van der Waals surface area contributed by atoms with Crippen LogP contribution in [-0.4, -0.2) is 40.5 Å². The van der Waals surface area contributed by atoms with E-state index >= 15 is 0 Å². The van der Waals surface area contributed by atoms with Crippen LogP contribution in [0.2, 0.25) is 0 Å². The van der Waals surface area contributed by atoms with Crippen LogP contribution in [0, 0.1) is 5.92 Å². The molecular weight excluding hydrogens is 212 g/mol. The fourth-order valence-corrected chi connectivity index (χ4v) is 2.67. The monoisotopic (exact) mass is 234 g/mol. The van der Waals surface area contributed by atoms with Crippen LogP contribution in [0.3, 0.4) is 0 Å². The summed E-state index contributed by atoms with van der Waals surface area (Å²) in [6, 6.07) is 0.574. The Morgan fingerprint density at radius 3 is 3.06 bits per heavy atom. The molecule has 1 fully saturated rings. The first-order valence-electron chi connectivity index (χ1n) is 6.82. The predicted molar refractivity (Wildman–Crippen MR) is 67.8 cm³/mol. The smallest absolute Gasteiger partial charge is 0.0925 e. The van der Waals surface area contributed by atoms with Gasteiger partial charge in [0.2, 0.25) is 0 Å². The third-order valence-electron chi connectivity index (χ3n) is 3.95. The van der Waals surface area contributed by atoms with Crippen LogP contribution in [0.25, 0.3) is 0 Å². The van der Waals surface area contributed by atoms with Gasteiger partial charge in [0.15, 0.2) is 0 Å². The molecular formula is C13H22N4. The molecule has 1 aromatic rings. The van der Waals surface area contributed by atoms with E-state index in [1.165, 1.54) is 43.9 Å². The van der Waals surface area contributed by atoms with Crippen molar-refractivity contribution in [1.29, 1.82) is 0 Å². The van der Waals surface area contributed by atoms with E-state index in [1.54, 1.807) is 0 Å². The van der Waals surface area contributed by atoms with Crippen LogP contribution in [0.4, 0.5) is 0 Å². The van der Waals surface area contributed by atoms with Gasteiger partial charge in [0.1, 0.15) is 0 Å². The third-order valence-corrected chi connectivity index (χ3v) is 3.95. The molecule has 0 radical (unpaired) electrons. The van der Waals surface area contributed by atoms with Crippen LogP contribution >= 0.6 is 0 Å². The third kappa shape index (κ3) is 2.69. The minimum absolute atomic E-state index is 0.574. The molecule has 4 nitrogen and oxygen atoms in total. The summed E-state index contributed by atoms with van der Waals surface area (Å²) in [6.07, 6.45) is 5.77. The van der Waals surface area contributed by atoms with Crippen molar-refractivity contribution in [2.24, 2.45) is 5.92 Å². The lowest BCUT2D eigenvalue weighted by atomic mass is 10.0. The SMILES string of the molecule is CCN(CC1CC1)CC1Cc2nc[nH]c2CN1. The van der Waals surface area contributed by atoms with Crippen molar-refractivity contribution < 1.29 is 0 Å². The maximum Gasteiger partial charge on any atom is 0.0925 e. The van der Waals surface area contributed by atoms with E-state index in [1.807, 2.05) is 6.33 Å². The second-order valence-electron chi connectivity index (χ2n) is 5.41. The topological polar surface area (TPSA) is 44.0 Å². The normalized spacial score (nSPS) is 24.0. The highest BCUT2D eigenvalue weighted by molar-refractivity contribution is 5.16. The predicted octanol–water partition coefficient (Wildman–Crippen LogP) is 1.16. The highest BCUT2D eigenvalue weighted by Crippen LogP contribution is 2.29. The standard InChI is InChI=1S/C13H22N4/c1-2-17(7-10-3-4-10)8-11-5-12-13(6-14-11)16-9-15-12/h9-11,14H,2-8H2,1H3,(H,15,16). The van der Waals surface area contributed by atoms with Crippen molar-refractivity contribution in [1.82, 2.24) is 20.2 Å². The Bertz CT molecular complexity index is 369. The van der Waals surface area contributed by atoms with E-state index in [-0.39, 0.29) is 0 Å². The number of hydrogen-bond donors (Lipinski definition) is 2. The van der Waals surface area contributed by atoms with E-state index in [0.717, 1.165) is 18.9 Å². The summed E-state index contributed by atoms with van der Waals surface area (Å²) >= 11 is 0. The summed E-state index contributed by atoms with van der Waals surface area (Å²) in [7, 11) is 0. The van der Waals surface area contributed by atoms with Crippen molar-refractivity contribution in [2.45, 2.75) is 38.8 Å². The van der Waals surface area contributed by atoms with Gasteiger partial charge in [-0.25, -0.2) is 4.98 Å². The minimum atomic E-state index is 0.574. The van der Waals surface area contributed by atoms with Crippen molar-refractivity contribution in [3.05, 3.63) is 17.7 Å². The first-order chi connectivity index (χ1) is 8.35. The number of hydrogen-bond acceptors (Lipinski definition) is 3. The molecule has 1 aromatic heterocycles. The Labute approximate surface area is 103 Å². The summed E-state index contributed by atoms with van der Waals surface area (Å²) in [5.41, 5.74) is 2.53. The largest absolute Gasteiger partial charge is 0.347 e. The summed E-state index contributed by atoms with van der Waals surface area (Å²) in [6.45, 7) is 6.84. The molecule has 1 atom stereocenters. The average molecular weight is 234 g/mol.